The molecule has 1 atom stereocenters. The van der Waals surface area contributed by atoms with Crippen LogP contribution in [0.5, 0.6) is 5.75 Å². The number of rotatable bonds is 3. The highest BCUT2D eigenvalue weighted by Crippen LogP contribution is 2.31. The van der Waals surface area contributed by atoms with E-state index in [1.807, 2.05) is 20.8 Å². The molecule has 18 heavy (non-hydrogen) atoms. The molecule has 0 spiro atoms. The second-order valence-electron chi connectivity index (χ2n) is 5.14. The molecule has 0 radical (unpaired) electrons. The summed E-state index contributed by atoms with van der Waals surface area (Å²) in [5, 5.41) is 3.19. The van der Waals surface area contributed by atoms with Crippen LogP contribution in [0.15, 0.2) is 23.1 Å². The summed E-state index contributed by atoms with van der Waals surface area (Å²) in [5.41, 5.74) is 0.762. The van der Waals surface area contributed by atoms with Crippen LogP contribution in [0.4, 0.5) is 5.69 Å². The summed E-state index contributed by atoms with van der Waals surface area (Å²) in [7, 11) is -3.20. The second-order valence-corrected chi connectivity index (χ2v) is 7.18. The van der Waals surface area contributed by atoms with E-state index in [-0.39, 0.29) is 17.8 Å². The number of fused-ring (bicyclic) bond motifs is 1. The lowest BCUT2D eigenvalue weighted by molar-refractivity contribution is 0.226. The van der Waals surface area contributed by atoms with Gasteiger partial charge in [-0.2, -0.15) is 0 Å². The Bertz CT molecular complexity index is 537. The first-order valence-electron chi connectivity index (χ1n) is 6.16. The maximum absolute atomic E-state index is 12.1. The minimum Gasteiger partial charge on any atom is -0.487 e. The number of anilines is 1. The molecular formula is C13H19NO3S. The Morgan fingerprint density at radius 2 is 2.17 bits per heavy atom. The molecule has 1 N–H and O–H groups in total. The van der Waals surface area contributed by atoms with Crippen LogP contribution in [0.2, 0.25) is 0 Å². The molecular weight excluding hydrogens is 250 g/mol. The molecule has 1 aromatic carbocycles. The van der Waals surface area contributed by atoms with Gasteiger partial charge in [0.25, 0.3) is 0 Å². The van der Waals surface area contributed by atoms with Crippen LogP contribution in [-0.4, -0.2) is 26.8 Å². The van der Waals surface area contributed by atoms with Gasteiger partial charge >= 0.3 is 0 Å². The molecule has 1 aromatic rings. The van der Waals surface area contributed by atoms with Gasteiger partial charge in [0, 0.05) is 0 Å². The van der Waals surface area contributed by atoms with E-state index in [1.165, 1.54) is 0 Å². The number of nitrogens with one attached hydrogen (secondary N) is 1. The van der Waals surface area contributed by atoms with E-state index in [1.54, 1.807) is 18.2 Å². The second kappa shape index (κ2) is 4.80. The maximum Gasteiger partial charge on any atom is 0.178 e. The normalized spacial score (nSPS) is 19.0. The summed E-state index contributed by atoms with van der Waals surface area (Å²) in [5.74, 6) is 1.01. The molecule has 1 heterocycles. The van der Waals surface area contributed by atoms with Crippen LogP contribution in [-0.2, 0) is 9.84 Å². The highest BCUT2D eigenvalue weighted by Gasteiger charge is 2.21. The standard InChI is InChI=1S/C13H19NO3S/c1-9(2)8-18(15,16)11-4-5-13-12(6-11)14-7-10(3)17-13/h4-6,9-10,14H,7-8H2,1-3H3. The van der Waals surface area contributed by atoms with Gasteiger partial charge in [0.1, 0.15) is 11.9 Å². The van der Waals surface area contributed by atoms with Crippen molar-refractivity contribution >= 4 is 15.5 Å². The zero-order chi connectivity index (χ0) is 13.3. The van der Waals surface area contributed by atoms with Crippen LogP contribution < -0.4 is 10.1 Å². The van der Waals surface area contributed by atoms with Gasteiger partial charge in [-0.3, -0.25) is 0 Å². The van der Waals surface area contributed by atoms with Gasteiger partial charge < -0.3 is 10.1 Å². The van der Waals surface area contributed by atoms with Crippen molar-refractivity contribution in [1.29, 1.82) is 0 Å². The van der Waals surface area contributed by atoms with Crippen molar-refractivity contribution in [2.45, 2.75) is 31.8 Å². The molecule has 4 nitrogen and oxygen atoms in total. The smallest absolute Gasteiger partial charge is 0.178 e. The molecule has 0 aliphatic carbocycles. The summed E-state index contributed by atoms with van der Waals surface area (Å²) < 4.78 is 29.9. The lowest BCUT2D eigenvalue weighted by Gasteiger charge is -2.25. The third-order valence-corrected chi connectivity index (χ3v) is 4.85. The fraction of sp³-hybridized carbons (Fsp3) is 0.538. The van der Waals surface area contributed by atoms with Gasteiger partial charge in [-0.1, -0.05) is 13.8 Å². The zero-order valence-electron chi connectivity index (χ0n) is 10.9. The third-order valence-electron chi connectivity index (χ3n) is 2.77. The van der Waals surface area contributed by atoms with E-state index in [9.17, 15) is 8.42 Å². The lowest BCUT2D eigenvalue weighted by atomic mass is 10.2. The number of ether oxygens (including phenoxy) is 1. The maximum atomic E-state index is 12.1. The minimum absolute atomic E-state index is 0.107. The first-order valence-corrected chi connectivity index (χ1v) is 7.81. The van der Waals surface area contributed by atoms with E-state index in [0.29, 0.717) is 11.4 Å². The Morgan fingerprint density at radius 3 is 2.83 bits per heavy atom. The number of hydrogen-bond acceptors (Lipinski definition) is 4. The van der Waals surface area contributed by atoms with Gasteiger partial charge in [0.15, 0.2) is 9.84 Å². The SMILES string of the molecule is CC(C)CS(=O)(=O)c1ccc2c(c1)NCC(C)O2. The first kappa shape index (κ1) is 13.2. The Hall–Kier alpha value is -1.23. The predicted molar refractivity (Wildman–Crippen MR) is 71.9 cm³/mol. The summed E-state index contributed by atoms with van der Waals surface area (Å²) in [4.78, 5) is 0.362. The van der Waals surface area contributed by atoms with Gasteiger partial charge in [-0.15, -0.1) is 0 Å². The van der Waals surface area contributed by atoms with Crippen LogP contribution in [0.25, 0.3) is 0 Å². The fourth-order valence-corrected chi connectivity index (χ4v) is 3.63. The highest BCUT2D eigenvalue weighted by atomic mass is 32.2. The van der Waals surface area contributed by atoms with Crippen molar-refractivity contribution in [3.63, 3.8) is 0 Å². The predicted octanol–water partition coefficient (Wildman–Crippen LogP) is 2.31. The summed E-state index contributed by atoms with van der Waals surface area (Å²) >= 11 is 0. The molecule has 0 saturated carbocycles. The molecule has 0 saturated heterocycles. The number of benzene rings is 1. The average Bonchev–Trinajstić information content (AvgIpc) is 2.26. The summed E-state index contributed by atoms with van der Waals surface area (Å²) in [6.07, 6.45) is 0.107. The van der Waals surface area contributed by atoms with Crippen molar-refractivity contribution in [2.75, 3.05) is 17.6 Å². The van der Waals surface area contributed by atoms with Gasteiger partial charge in [0.05, 0.1) is 22.9 Å². The monoisotopic (exact) mass is 269 g/mol. The molecule has 2 rings (SSSR count). The molecule has 0 amide bonds. The van der Waals surface area contributed by atoms with E-state index in [0.717, 1.165) is 11.4 Å². The van der Waals surface area contributed by atoms with Crippen LogP contribution >= 0.6 is 0 Å². The van der Waals surface area contributed by atoms with E-state index in [2.05, 4.69) is 5.32 Å². The van der Waals surface area contributed by atoms with Gasteiger partial charge in [-0.05, 0) is 31.0 Å². The van der Waals surface area contributed by atoms with Gasteiger partial charge in [0.2, 0.25) is 0 Å². The first-order chi connectivity index (χ1) is 8.38. The zero-order valence-corrected chi connectivity index (χ0v) is 11.8. The van der Waals surface area contributed by atoms with Crippen LogP contribution in [0, 0.1) is 5.92 Å². The fourth-order valence-electron chi connectivity index (χ4n) is 1.99. The molecule has 0 aromatic heterocycles. The quantitative estimate of drug-likeness (QED) is 0.915. The molecule has 1 unspecified atom stereocenters. The van der Waals surface area contributed by atoms with E-state index >= 15 is 0 Å². The Kier molecular flexibility index (Phi) is 3.52. The van der Waals surface area contributed by atoms with Crippen molar-refractivity contribution in [3.8, 4) is 5.75 Å². The van der Waals surface area contributed by atoms with Crippen molar-refractivity contribution in [3.05, 3.63) is 18.2 Å². The number of sulfone groups is 1. The Balaban J connectivity index is 2.32. The highest BCUT2D eigenvalue weighted by molar-refractivity contribution is 7.91. The Morgan fingerprint density at radius 1 is 1.44 bits per heavy atom. The van der Waals surface area contributed by atoms with Crippen LogP contribution in [0.3, 0.4) is 0 Å². The molecule has 5 heteroatoms. The Labute approximate surface area is 108 Å². The largest absolute Gasteiger partial charge is 0.487 e. The van der Waals surface area contributed by atoms with Crippen molar-refractivity contribution < 1.29 is 13.2 Å². The van der Waals surface area contributed by atoms with Gasteiger partial charge in [-0.25, -0.2) is 8.42 Å². The summed E-state index contributed by atoms with van der Waals surface area (Å²) in [6, 6.07) is 5.01. The molecule has 1 aliphatic heterocycles. The lowest BCUT2D eigenvalue weighted by Crippen LogP contribution is -2.27. The molecule has 100 valence electrons. The minimum atomic E-state index is -3.20. The third kappa shape index (κ3) is 2.77. The van der Waals surface area contributed by atoms with E-state index in [4.69, 9.17) is 4.74 Å². The molecule has 0 bridgehead atoms. The molecule has 0 fully saturated rings. The van der Waals surface area contributed by atoms with E-state index < -0.39 is 9.84 Å². The van der Waals surface area contributed by atoms with Crippen LogP contribution in [0.1, 0.15) is 20.8 Å². The number of hydrogen-bond donors (Lipinski definition) is 1. The topological polar surface area (TPSA) is 55.4 Å². The van der Waals surface area contributed by atoms with Crippen molar-refractivity contribution in [2.24, 2.45) is 5.92 Å². The average molecular weight is 269 g/mol. The van der Waals surface area contributed by atoms with Crippen molar-refractivity contribution in [1.82, 2.24) is 0 Å². The molecule has 1 aliphatic rings. The summed E-state index contributed by atoms with van der Waals surface area (Å²) in [6.45, 7) is 6.47.